The summed E-state index contributed by atoms with van der Waals surface area (Å²) in [4.78, 5) is 42.9. The van der Waals surface area contributed by atoms with Crippen LogP contribution in [0.25, 0.3) is 0 Å². The van der Waals surface area contributed by atoms with Crippen LogP contribution in [0.4, 0.5) is 11.5 Å². The quantitative estimate of drug-likeness (QED) is 0.640. The maximum absolute atomic E-state index is 14.1. The molecule has 4 fully saturated rings. The Morgan fingerprint density at radius 1 is 1.20 bits per heavy atom. The molecule has 1 aromatic rings. The standard InChI is InChI=1S/C22H33ClN4O3/c1-3-5-7-26(16-17(24)27(6-4-2)20(30)25-18(16)28)19(29)21-9-14-8-15(10-21)12-22(23,11-14)13-21/h14-15H,3-13,24H2,1-2H3,(H,25,28,30). The van der Waals surface area contributed by atoms with E-state index >= 15 is 0 Å². The summed E-state index contributed by atoms with van der Waals surface area (Å²) in [5, 5.41) is 0. The minimum absolute atomic E-state index is 0.0334. The molecule has 4 aliphatic rings. The van der Waals surface area contributed by atoms with Crippen molar-refractivity contribution in [2.24, 2.45) is 17.3 Å². The summed E-state index contributed by atoms with van der Waals surface area (Å²) in [5.41, 5.74) is 4.81. The molecule has 0 radical (unpaired) electrons. The number of nitrogens with one attached hydrogen (secondary N) is 1. The second-order valence-corrected chi connectivity index (χ2v) is 10.6. The Kier molecular flexibility index (Phi) is 5.54. The molecule has 1 heterocycles. The van der Waals surface area contributed by atoms with Crippen LogP contribution < -0.4 is 21.9 Å². The van der Waals surface area contributed by atoms with E-state index in [4.69, 9.17) is 17.3 Å². The summed E-state index contributed by atoms with van der Waals surface area (Å²) in [6, 6.07) is 0. The lowest BCUT2D eigenvalue weighted by atomic mass is 9.49. The molecule has 8 heteroatoms. The number of aromatic amines is 1. The van der Waals surface area contributed by atoms with Crippen molar-refractivity contribution >= 4 is 29.0 Å². The number of carbonyl (C=O) groups excluding carboxylic acids is 1. The van der Waals surface area contributed by atoms with E-state index in [1.807, 2.05) is 13.8 Å². The largest absolute Gasteiger partial charge is 0.383 e. The Morgan fingerprint density at radius 2 is 1.87 bits per heavy atom. The van der Waals surface area contributed by atoms with E-state index in [1.54, 1.807) is 4.90 Å². The average molecular weight is 437 g/mol. The number of aromatic nitrogens is 2. The van der Waals surface area contributed by atoms with Crippen LogP contribution in [0.1, 0.15) is 71.6 Å². The fourth-order valence-electron chi connectivity index (χ4n) is 6.60. The van der Waals surface area contributed by atoms with Crippen LogP contribution in [0, 0.1) is 17.3 Å². The van der Waals surface area contributed by atoms with Crippen molar-refractivity contribution in [3.05, 3.63) is 20.8 Å². The van der Waals surface area contributed by atoms with E-state index in [-0.39, 0.29) is 22.3 Å². The number of alkyl halides is 1. The number of hydrogen-bond donors (Lipinski definition) is 2. The number of rotatable bonds is 7. The molecular weight excluding hydrogens is 404 g/mol. The molecule has 2 unspecified atom stereocenters. The van der Waals surface area contributed by atoms with Gasteiger partial charge in [-0.25, -0.2) is 4.79 Å². The second kappa shape index (κ2) is 7.74. The Morgan fingerprint density at radius 3 is 2.43 bits per heavy atom. The molecule has 0 saturated heterocycles. The molecule has 0 aromatic carbocycles. The van der Waals surface area contributed by atoms with Crippen molar-refractivity contribution in [2.45, 2.75) is 83.1 Å². The Balaban J connectivity index is 1.78. The zero-order chi connectivity index (χ0) is 21.7. The summed E-state index contributed by atoms with van der Waals surface area (Å²) in [7, 11) is 0. The Hall–Kier alpha value is -1.76. The molecule has 166 valence electrons. The summed E-state index contributed by atoms with van der Waals surface area (Å²) in [5.74, 6) is 1.00. The molecule has 1 aromatic heterocycles. The molecule has 4 aliphatic carbocycles. The van der Waals surface area contributed by atoms with Crippen molar-refractivity contribution in [3.63, 3.8) is 0 Å². The van der Waals surface area contributed by atoms with Crippen molar-refractivity contribution in [2.75, 3.05) is 17.2 Å². The van der Waals surface area contributed by atoms with Crippen LogP contribution in [0.3, 0.4) is 0 Å². The van der Waals surface area contributed by atoms with Crippen molar-refractivity contribution in [1.29, 1.82) is 0 Å². The summed E-state index contributed by atoms with van der Waals surface area (Å²) in [6.45, 7) is 4.79. The molecule has 3 N–H and O–H groups in total. The van der Waals surface area contributed by atoms with E-state index in [1.165, 1.54) is 4.57 Å². The highest BCUT2D eigenvalue weighted by atomic mass is 35.5. The first-order chi connectivity index (χ1) is 14.2. The monoisotopic (exact) mass is 436 g/mol. The SMILES string of the molecule is CCCCN(C(=O)C12CC3CC(CC(Cl)(C3)C1)C2)c1c(N)n(CCC)c(=O)[nH]c1=O. The molecular formula is C22H33ClN4O3. The zero-order valence-electron chi connectivity index (χ0n) is 18.0. The van der Waals surface area contributed by atoms with Crippen LogP contribution in [0.15, 0.2) is 9.59 Å². The Labute approximate surface area is 182 Å². The van der Waals surface area contributed by atoms with Gasteiger partial charge < -0.3 is 10.6 Å². The third-order valence-electron chi connectivity index (χ3n) is 7.36. The lowest BCUT2D eigenvalue weighted by molar-refractivity contribution is -0.141. The number of hydrogen-bond acceptors (Lipinski definition) is 4. The predicted octanol–water partition coefficient (Wildman–Crippen LogP) is 3.24. The highest BCUT2D eigenvalue weighted by Gasteiger charge is 2.61. The molecule has 4 bridgehead atoms. The van der Waals surface area contributed by atoms with Crippen LogP contribution in [-0.4, -0.2) is 26.9 Å². The first-order valence-corrected chi connectivity index (χ1v) is 11.7. The van der Waals surface area contributed by atoms with Gasteiger partial charge in [0.05, 0.1) is 5.41 Å². The number of carbonyl (C=O) groups is 1. The van der Waals surface area contributed by atoms with Gasteiger partial charge in [-0.15, -0.1) is 11.6 Å². The van der Waals surface area contributed by atoms with Gasteiger partial charge in [0.2, 0.25) is 5.91 Å². The number of amides is 1. The fraction of sp³-hybridized carbons (Fsp3) is 0.773. The average Bonchev–Trinajstić information content (AvgIpc) is 2.65. The van der Waals surface area contributed by atoms with Gasteiger partial charge >= 0.3 is 5.69 Å². The van der Waals surface area contributed by atoms with Gasteiger partial charge in [0.15, 0.2) is 5.69 Å². The number of halogens is 1. The molecule has 0 aliphatic heterocycles. The molecule has 30 heavy (non-hydrogen) atoms. The number of unbranched alkanes of at least 4 members (excludes halogenated alkanes) is 1. The zero-order valence-corrected chi connectivity index (χ0v) is 18.8. The maximum Gasteiger partial charge on any atom is 0.330 e. The first-order valence-electron chi connectivity index (χ1n) is 11.4. The van der Waals surface area contributed by atoms with Gasteiger partial charge in [-0.2, -0.15) is 0 Å². The van der Waals surface area contributed by atoms with Gasteiger partial charge in [-0.1, -0.05) is 20.3 Å². The van der Waals surface area contributed by atoms with Crippen LogP contribution in [0.2, 0.25) is 0 Å². The van der Waals surface area contributed by atoms with Crippen molar-refractivity contribution in [3.8, 4) is 0 Å². The van der Waals surface area contributed by atoms with E-state index in [2.05, 4.69) is 4.98 Å². The lowest BCUT2D eigenvalue weighted by Crippen LogP contribution is -2.60. The van der Waals surface area contributed by atoms with E-state index in [9.17, 15) is 14.4 Å². The highest BCUT2D eigenvalue weighted by Crippen LogP contribution is 2.64. The van der Waals surface area contributed by atoms with E-state index in [0.717, 1.165) is 44.9 Å². The fourth-order valence-corrected chi connectivity index (χ4v) is 7.29. The molecule has 4 saturated carbocycles. The van der Waals surface area contributed by atoms with Gasteiger partial charge in [0.25, 0.3) is 5.56 Å². The summed E-state index contributed by atoms with van der Waals surface area (Å²) >= 11 is 6.96. The highest BCUT2D eigenvalue weighted by molar-refractivity contribution is 6.24. The third kappa shape index (κ3) is 3.49. The second-order valence-electron chi connectivity index (χ2n) is 9.85. The lowest BCUT2D eigenvalue weighted by Gasteiger charge is -2.59. The topological polar surface area (TPSA) is 101 Å². The van der Waals surface area contributed by atoms with E-state index in [0.29, 0.717) is 37.8 Å². The van der Waals surface area contributed by atoms with Gasteiger partial charge in [-0.05, 0) is 63.2 Å². The number of anilines is 2. The number of nitrogens with two attached hydrogens (primary N) is 1. The smallest absolute Gasteiger partial charge is 0.330 e. The molecule has 0 spiro atoms. The predicted molar refractivity (Wildman–Crippen MR) is 119 cm³/mol. The first kappa shape index (κ1) is 21.5. The van der Waals surface area contributed by atoms with Crippen LogP contribution in [0.5, 0.6) is 0 Å². The summed E-state index contributed by atoms with van der Waals surface area (Å²) in [6.07, 6.45) is 7.81. The molecule has 2 atom stereocenters. The van der Waals surface area contributed by atoms with Crippen LogP contribution in [-0.2, 0) is 11.3 Å². The normalized spacial score (nSPS) is 31.8. The van der Waals surface area contributed by atoms with Gasteiger partial charge in [-0.3, -0.25) is 19.1 Å². The number of nitrogens with zero attached hydrogens (tertiary/aromatic N) is 2. The molecule has 7 nitrogen and oxygen atoms in total. The summed E-state index contributed by atoms with van der Waals surface area (Å²) < 4.78 is 1.37. The number of H-pyrrole nitrogens is 1. The minimum atomic E-state index is -0.584. The molecule has 5 rings (SSSR count). The Bertz CT molecular complexity index is 939. The maximum atomic E-state index is 14.1. The van der Waals surface area contributed by atoms with Crippen molar-refractivity contribution in [1.82, 2.24) is 9.55 Å². The van der Waals surface area contributed by atoms with Crippen molar-refractivity contribution < 1.29 is 4.79 Å². The van der Waals surface area contributed by atoms with Crippen LogP contribution >= 0.6 is 11.6 Å². The number of nitrogen functional groups attached to an aromatic ring is 1. The van der Waals surface area contributed by atoms with Gasteiger partial charge in [0, 0.05) is 18.0 Å². The molecule has 1 amide bonds. The third-order valence-corrected chi connectivity index (χ3v) is 7.80. The van der Waals surface area contributed by atoms with Gasteiger partial charge in [0.1, 0.15) is 5.82 Å². The minimum Gasteiger partial charge on any atom is -0.383 e. The van der Waals surface area contributed by atoms with E-state index < -0.39 is 16.7 Å².